The molecule has 2 N–H and O–H groups in total. The molecule has 0 saturated carbocycles. The van der Waals surface area contributed by atoms with Gasteiger partial charge in [-0.15, -0.1) is 0 Å². The monoisotopic (exact) mass is 184 g/mol. The smallest absolute Gasteiger partial charge is 0.237 e. The molecule has 2 aliphatic rings. The zero-order valence-electron chi connectivity index (χ0n) is 7.71. The Bertz CT molecular complexity index is 190. The molecule has 0 radical (unpaired) electrons. The summed E-state index contributed by atoms with van der Waals surface area (Å²) in [5.74, 6) is 0.510. The highest BCUT2D eigenvalue weighted by Gasteiger charge is 2.31. The van der Waals surface area contributed by atoms with Gasteiger partial charge in [-0.05, 0) is 12.8 Å². The Kier molecular flexibility index (Phi) is 2.80. The van der Waals surface area contributed by atoms with Gasteiger partial charge in [0.25, 0.3) is 0 Å². The fourth-order valence-electron chi connectivity index (χ4n) is 2.03. The Balaban J connectivity index is 1.92. The summed E-state index contributed by atoms with van der Waals surface area (Å²) in [6, 6.07) is -0.0194. The van der Waals surface area contributed by atoms with Crippen molar-refractivity contribution in [2.45, 2.75) is 18.9 Å². The summed E-state index contributed by atoms with van der Waals surface area (Å²) < 4.78 is 5.36. The lowest BCUT2D eigenvalue weighted by molar-refractivity contribution is -0.127. The number of ether oxygens (including phenoxy) is 1. The van der Waals surface area contributed by atoms with Gasteiger partial charge in [0, 0.05) is 25.6 Å². The predicted octanol–water partition coefficient (Wildman–Crippen LogP) is -0.499. The highest BCUT2D eigenvalue weighted by atomic mass is 16.5. The van der Waals surface area contributed by atoms with Gasteiger partial charge < -0.3 is 15.4 Å². The molecule has 2 fully saturated rings. The molecule has 4 nitrogen and oxygen atoms in total. The summed E-state index contributed by atoms with van der Waals surface area (Å²) in [6.45, 7) is 3.21. The van der Waals surface area contributed by atoms with Crippen molar-refractivity contribution in [3.05, 3.63) is 0 Å². The Morgan fingerprint density at radius 3 is 3.00 bits per heavy atom. The minimum atomic E-state index is -0.0194. The van der Waals surface area contributed by atoms with Crippen LogP contribution >= 0.6 is 0 Å². The van der Waals surface area contributed by atoms with E-state index in [0.717, 1.165) is 39.1 Å². The van der Waals surface area contributed by atoms with Crippen molar-refractivity contribution in [2.75, 3.05) is 26.3 Å². The van der Waals surface area contributed by atoms with Crippen LogP contribution in [0.1, 0.15) is 12.8 Å². The van der Waals surface area contributed by atoms with Crippen molar-refractivity contribution < 1.29 is 9.53 Å². The van der Waals surface area contributed by atoms with Crippen molar-refractivity contribution in [1.82, 2.24) is 10.6 Å². The summed E-state index contributed by atoms with van der Waals surface area (Å²) in [5.41, 5.74) is 0. The Morgan fingerprint density at radius 2 is 2.31 bits per heavy atom. The Hall–Kier alpha value is -0.610. The van der Waals surface area contributed by atoms with Crippen LogP contribution in [0.2, 0.25) is 0 Å². The maximum absolute atomic E-state index is 11.5. The number of amides is 1. The number of carbonyl (C=O) groups excluding carboxylic acids is 1. The van der Waals surface area contributed by atoms with E-state index in [-0.39, 0.29) is 11.9 Å². The van der Waals surface area contributed by atoms with E-state index < -0.39 is 0 Å². The minimum absolute atomic E-state index is 0.0194. The average Bonchev–Trinajstić information content (AvgIpc) is 2.20. The lowest BCUT2D eigenvalue weighted by Gasteiger charge is -2.32. The number of carbonyl (C=O) groups is 1. The molecular weight excluding hydrogens is 168 g/mol. The summed E-state index contributed by atoms with van der Waals surface area (Å²) in [6.07, 6.45) is 2.18. The third-order valence-corrected chi connectivity index (χ3v) is 2.74. The molecule has 2 unspecified atom stereocenters. The lowest BCUT2D eigenvalue weighted by Crippen LogP contribution is -2.57. The van der Waals surface area contributed by atoms with Crippen LogP contribution in [-0.2, 0) is 9.53 Å². The van der Waals surface area contributed by atoms with Gasteiger partial charge in [-0.2, -0.15) is 0 Å². The van der Waals surface area contributed by atoms with Gasteiger partial charge >= 0.3 is 0 Å². The fraction of sp³-hybridized carbons (Fsp3) is 0.889. The van der Waals surface area contributed by atoms with E-state index in [1.165, 1.54) is 0 Å². The first-order chi connectivity index (χ1) is 6.38. The molecule has 1 amide bonds. The van der Waals surface area contributed by atoms with Gasteiger partial charge in [0.05, 0.1) is 12.6 Å². The predicted molar refractivity (Wildman–Crippen MR) is 48.3 cm³/mol. The third kappa shape index (κ3) is 2.00. The van der Waals surface area contributed by atoms with Gasteiger partial charge in [0.1, 0.15) is 0 Å². The number of hydrogen-bond donors (Lipinski definition) is 2. The summed E-state index contributed by atoms with van der Waals surface area (Å²) in [7, 11) is 0. The number of hydrogen-bond acceptors (Lipinski definition) is 3. The quantitative estimate of drug-likeness (QED) is 0.577. The SMILES string of the molecule is O=C1NCCNC1C1CCCOC1. The van der Waals surface area contributed by atoms with Crippen molar-refractivity contribution in [3.63, 3.8) is 0 Å². The second-order valence-electron chi connectivity index (χ2n) is 3.70. The Labute approximate surface area is 78.0 Å². The highest BCUT2D eigenvalue weighted by molar-refractivity contribution is 5.82. The molecule has 2 atom stereocenters. The van der Waals surface area contributed by atoms with Crippen molar-refractivity contribution in [1.29, 1.82) is 0 Å². The first-order valence-corrected chi connectivity index (χ1v) is 4.97. The molecule has 0 aromatic heterocycles. The van der Waals surface area contributed by atoms with Crippen LogP contribution in [0.25, 0.3) is 0 Å². The van der Waals surface area contributed by atoms with Crippen LogP contribution in [-0.4, -0.2) is 38.3 Å². The second kappa shape index (κ2) is 4.07. The van der Waals surface area contributed by atoms with E-state index >= 15 is 0 Å². The molecule has 2 saturated heterocycles. The van der Waals surface area contributed by atoms with Crippen LogP contribution in [0.3, 0.4) is 0 Å². The normalized spacial score (nSPS) is 35.5. The average molecular weight is 184 g/mol. The summed E-state index contributed by atoms with van der Waals surface area (Å²) in [4.78, 5) is 11.5. The zero-order valence-corrected chi connectivity index (χ0v) is 7.71. The van der Waals surface area contributed by atoms with Crippen LogP contribution in [0.5, 0.6) is 0 Å². The standard InChI is InChI=1S/C9H16N2O2/c12-9-8(10-3-4-11-9)7-2-1-5-13-6-7/h7-8,10H,1-6H2,(H,11,12). The van der Waals surface area contributed by atoms with E-state index in [0.29, 0.717) is 5.92 Å². The molecule has 0 aromatic rings. The molecule has 13 heavy (non-hydrogen) atoms. The molecule has 0 spiro atoms. The molecule has 0 bridgehead atoms. The minimum Gasteiger partial charge on any atom is -0.381 e. The first-order valence-electron chi connectivity index (χ1n) is 4.97. The van der Waals surface area contributed by atoms with Gasteiger partial charge in [-0.3, -0.25) is 4.79 Å². The largest absolute Gasteiger partial charge is 0.381 e. The van der Waals surface area contributed by atoms with E-state index in [2.05, 4.69) is 10.6 Å². The van der Waals surface area contributed by atoms with Crippen molar-refractivity contribution in [3.8, 4) is 0 Å². The lowest BCUT2D eigenvalue weighted by atomic mass is 9.92. The van der Waals surface area contributed by atoms with Gasteiger partial charge in [0.15, 0.2) is 0 Å². The summed E-state index contributed by atoms with van der Waals surface area (Å²) >= 11 is 0. The molecule has 74 valence electrons. The number of nitrogens with one attached hydrogen (secondary N) is 2. The summed E-state index contributed by atoms with van der Waals surface area (Å²) in [5, 5.41) is 6.12. The molecular formula is C9H16N2O2. The van der Waals surface area contributed by atoms with Crippen molar-refractivity contribution in [2.24, 2.45) is 5.92 Å². The van der Waals surface area contributed by atoms with Crippen LogP contribution < -0.4 is 10.6 Å². The van der Waals surface area contributed by atoms with E-state index in [9.17, 15) is 4.79 Å². The van der Waals surface area contributed by atoms with Crippen LogP contribution in [0.15, 0.2) is 0 Å². The van der Waals surface area contributed by atoms with Crippen molar-refractivity contribution >= 4 is 5.91 Å². The maximum Gasteiger partial charge on any atom is 0.237 e. The van der Waals surface area contributed by atoms with Crippen LogP contribution in [0.4, 0.5) is 0 Å². The van der Waals surface area contributed by atoms with Gasteiger partial charge in [-0.1, -0.05) is 0 Å². The van der Waals surface area contributed by atoms with E-state index in [1.807, 2.05) is 0 Å². The van der Waals surface area contributed by atoms with Gasteiger partial charge in [0.2, 0.25) is 5.91 Å². The van der Waals surface area contributed by atoms with E-state index in [1.54, 1.807) is 0 Å². The maximum atomic E-state index is 11.5. The fourth-order valence-corrected chi connectivity index (χ4v) is 2.03. The third-order valence-electron chi connectivity index (χ3n) is 2.74. The zero-order chi connectivity index (χ0) is 9.10. The van der Waals surface area contributed by atoms with Crippen LogP contribution in [0, 0.1) is 5.92 Å². The molecule has 0 aromatic carbocycles. The number of rotatable bonds is 1. The first kappa shape index (κ1) is 8.97. The number of piperazine rings is 1. The molecule has 0 aliphatic carbocycles. The van der Waals surface area contributed by atoms with E-state index in [4.69, 9.17) is 4.74 Å². The van der Waals surface area contributed by atoms with Gasteiger partial charge in [-0.25, -0.2) is 0 Å². The molecule has 2 heterocycles. The highest BCUT2D eigenvalue weighted by Crippen LogP contribution is 2.18. The topological polar surface area (TPSA) is 50.4 Å². The second-order valence-corrected chi connectivity index (χ2v) is 3.70. The molecule has 4 heteroatoms. The molecule has 2 aliphatic heterocycles. The Morgan fingerprint density at radius 1 is 1.38 bits per heavy atom. The molecule has 2 rings (SSSR count).